The van der Waals surface area contributed by atoms with Gasteiger partial charge in [0.2, 0.25) is 27.0 Å². The maximum absolute atomic E-state index is 13.4. The first-order chi connectivity index (χ1) is 18.8. The van der Waals surface area contributed by atoms with Crippen LogP contribution in [0.1, 0.15) is 0 Å². The van der Waals surface area contributed by atoms with Gasteiger partial charge in [-0.15, -0.1) is 16.9 Å². The van der Waals surface area contributed by atoms with E-state index >= 15 is 0 Å². The predicted molar refractivity (Wildman–Crippen MR) is 145 cm³/mol. The number of rotatable bonds is 11. The number of hydrogen-bond donors (Lipinski definition) is 5. The lowest BCUT2D eigenvalue weighted by molar-refractivity contribution is -0.156. The number of hydrogen-bond acceptors (Lipinski definition) is 12. The van der Waals surface area contributed by atoms with Crippen molar-refractivity contribution in [2.45, 2.75) is 23.1 Å². The lowest BCUT2D eigenvalue weighted by Crippen LogP contribution is -2.75. The molecule has 0 spiro atoms. The Morgan fingerprint density at radius 2 is 2.08 bits per heavy atom. The number of tetrazole rings is 1. The summed E-state index contributed by atoms with van der Waals surface area (Å²) in [5.41, 5.74) is 10.1. The number of primary amides is 1. The number of aromatic nitrogens is 4. The molecule has 2 aromatic rings. The van der Waals surface area contributed by atoms with Crippen LogP contribution >= 0.6 is 23.5 Å². The van der Waals surface area contributed by atoms with Gasteiger partial charge in [0.15, 0.2) is 0 Å². The van der Waals surface area contributed by atoms with Crippen LogP contribution in [0.2, 0.25) is 0 Å². The number of carbonyl (C=O) groups is 4. The van der Waals surface area contributed by atoms with Crippen LogP contribution < -0.4 is 26.8 Å². The van der Waals surface area contributed by atoms with Crippen LogP contribution in [0.15, 0.2) is 29.4 Å². The number of urea groups is 1. The number of carboxylic acid groups (broad SMARTS) is 1. The molecular weight excluding hydrogens is 588 g/mol. The summed E-state index contributed by atoms with van der Waals surface area (Å²) in [6, 6.07) is 4.48. The number of carboxylic acids is 1. The number of nitrogens with two attached hydrogens (primary N) is 3. The number of fused-ring (bicyclic) bond motifs is 1. The zero-order valence-electron chi connectivity index (χ0n) is 20.7. The van der Waals surface area contributed by atoms with Crippen molar-refractivity contribution in [3.05, 3.63) is 24.3 Å². The topological polar surface area (TPSA) is 263 Å². The van der Waals surface area contributed by atoms with Crippen LogP contribution in [0.5, 0.6) is 0 Å². The highest BCUT2D eigenvalue weighted by Gasteiger charge is 2.59. The fraction of sp³-hybridized carbons (Fsp3) is 0.450. The van der Waals surface area contributed by atoms with Crippen LogP contribution in [0, 0.1) is 5.41 Å². The molecular formula is C20H26N10O7S3. The van der Waals surface area contributed by atoms with Crippen LogP contribution in [0.4, 0.5) is 16.2 Å². The Balaban J connectivity index is 1.51. The standard InChI is InChI=1S/C20H26N10O7S3/c21-7-13(31)30(12-3-1-2-11(6-12)24-18(22)35)14-15(32)28-8-20(17(33)34,9-38-16(14)28)10-39-19-25-26-27-29(19)4-5-40(23,36)37/h1-3,6,14,16H,4-5,7-10,21H2,(H,33,34)(H3,22,24,35)(H2,23,36,37)/t14?,16-,20?/m1/s1. The molecule has 2 aliphatic heterocycles. The lowest BCUT2D eigenvalue weighted by Gasteiger charge is -2.56. The van der Waals surface area contributed by atoms with E-state index in [-0.39, 0.29) is 36.3 Å². The molecule has 0 saturated carbocycles. The Labute approximate surface area is 236 Å². The summed E-state index contributed by atoms with van der Waals surface area (Å²) in [4.78, 5) is 52.6. The molecule has 1 aromatic heterocycles. The van der Waals surface area contributed by atoms with E-state index in [2.05, 4.69) is 20.8 Å². The maximum Gasteiger partial charge on any atom is 0.316 e. The lowest BCUT2D eigenvalue weighted by atomic mass is 9.89. The van der Waals surface area contributed by atoms with Crippen molar-refractivity contribution >= 4 is 68.7 Å². The fourth-order valence-electron chi connectivity index (χ4n) is 4.28. The average Bonchev–Trinajstić information content (AvgIpc) is 3.35. The molecule has 0 radical (unpaired) electrons. The molecule has 3 atom stereocenters. The number of aryl methyl sites for hydroxylation is 1. The van der Waals surface area contributed by atoms with E-state index in [0.29, 0.717) is 11.4 Å². The van der Waals surface area contributed by atoms with Gasteiger partial charge in [-0.05, 0) is 28.6 Å². The minimum absolute atomic E-state index is 0.0154. The van der Waals surface area contributed by atoms with Crippen LogP contribution in [0.25, 0.3) is 0 Å². The summed E-state index contributed by atoms with van der Waals surface area (Å²) in [5, 5.41) is 28.4. The van der Waals surface area contributed by atoms with Gasteiger partial charge in [-0.2, -0.15) is 0 Å². The van der Waals surface area contributed by atoms with Crippen molar-refractivity contribution < 1.29 is 32.7 Å². The van der Waals surface area contributed by atoms with Gasteiger partial charge in [0.25, 0.3) is 0 Å². The normalized spacial score (nSPS) is 22.2. The molecule has 2 aliphatic rings. The van der Waals surface area contributed by atoms with Gasteiger partial charge in [0, 0.05) is 29.4 Å². The van der Waals surface area contributed by atoms with E-state index in [4.69, 9.17) is 16.6 Å². The summed E-state index contributed by atoms with van der Waals surface area (Å²) >= 11 is 2.23. The molecule has 3 heterocycles. The van der Waals surface area contributed by atoms with Gasteiger partial charge in [0.1, 0.15) is 16.8 Å². The van der Waals surface area contributed by atoms with E-state index in [1.54, 1.807) is 18.2 Å². The second kappa shape index (κ2) is 11.6. The second-order valence-electron chi connectivity index (χ2n) is 9.05. The monoisotopic (exact) mass is 614 g/mol. The fourth-order valence-corrected chi connectivity index (χ4v) is 7.51. The number of aliphatic carboxylic acids is 1. The number of thioether (sulfide) groups is 2. The van der Waals surface area contributed by atoms with Crippen molar-refractivity contribution in [2.75, 3.05) is 40.6 Å². The quantitative estimate of drug-likeness (QED) is 0.134. The summed E-state index contributed by atoms with van der Waals surface area (Å²) in [6.07, 6.45) is 0. The van der Waals surface area contributed by atoms with Gasteiger partial charge in [-0.3, -0.25) is 19.3 Å². The Kier molecular flexibility index (Phi) is 8.54. The zero-order valence-corrected chi connectivity index (χ0v) is 23.2. The van der Waals surface area contributed by atoms with Crippen molar-refractivity contribution in [2.24, 2.45) is 22.0 Å². The molecule has 0 aliphatic carbocycles. The van der Waals surface area contributed by atoms with E-state index in [0.717, 1.165) is 11.8 Å². The molecule has 8 N–H and O–H groups in total. The number of β-lactam (4-membered cyclic amide) rings is 1. The van der Waals surface area contributed by atoms with E-state index < -0.39 is 56.4 Å². The van der Waals surface area contributed by atoms with Crippen molar-refractivity contribution in [3.8, 4) is 0 Å². The van der Waals surface area contributed by atoms with Crippen molar-refractivity contribution in [3.63, 3.8) is 0 Å². The zero-order chi connectivity index (χ0) is 29.2. The first-order valence-electron chi connectivity index (χ1n) is 11.6. The summed E-state index contributed by atoms with van der Waals surface area (Å²) in [6.45, 7) is -0.627. The number of benzene rings is 1. The highest BCUT2D eigenvalue weighted by molar-refractivity contribution is 8.00. The first-order valence-corrected chi connectivity index (χ1v) is 15.3. The highest BCUT2D eigenvalue weighted by Crippen LogP contribution is 2.46. The first kappa shape index (κ1) is 29.5. The Bertz CT molecular complexity index is 1440. The van der Waals surface area contributed by atoms with Gasteiger partial charge in [-0.1, -0.05) is 17.8 Å². The smallest absolute Gasteiger partial charge is 0.316 e. The molecule has 2 saturated heterocycles. The van der Waals surface area contributed by atoms with E-state index in [1.165, 1.54) is 32.3 Å². The molecule has 2 fully saturated rings. The minimum Gasteiger partial charge on any atom is -0.481 e. The third-order valence-electron chi connectivity index (χ3n) is 6.25. The molecule has 216 valence electrons. The largest absolute Gasteiger partial charge is 0.481 e. The molecule has 2 unspecified atom stereocenters. The van der Waals surface area contributed by atoms with E-state index in [1.807, 2.05) is 0 Å². The van der Waals surface area contributed by atoms with Crippen molar-refractivity contribution in [1.82, 2.24) is 25.1 Å². The van der Waals surface area contributed by atoms with Crippen LogP contribution in [-0.2, 0) is 31.0 Å². The van der Waals surface area contributed by atoms with E-state index in [9.17, 15) is 32.7 Å². The molecule has 4 rings (SSSR count). The minimum atomic E-state index is -3.77. The second-order valence-corrected chi connectivity index (χ2v) is 12.8. The number of amides is 4. The summed E-state index contributed by atoms with van der Waals surface area (Å²) in [5.74, 6) is -2.44. The molecule has 4 amide bonds. The number of anilines is 2. The highest BCUT2D eigenvalue weighted by atomic mass is 32.2. The number of nitrogens with zero attached hydrogens (tertiary/aromatic N) is 6. The van der Waals surface area contributed by atoms with Gasteiger partial charge < -0.3 is 26.8 Å². The average molecular weight is 615 g/mol. The maximum atomic E-state index is 13.4. The van der Waals surface area contributed by atoms with Gasteiger partial charge >= 0.3 is 12.0 Å². The molecule has 1 aromatic carbocycles. The van der Waals surface area contributed by atoms with Gasteiger partial charge in [-0.25, -0.2) is 23.0 Å². The number of primary sulfonamides is 1. The van der Waals surface area contributed by atoms with Crippen LogP contribution in [0.3, 0.4) is 0 Å². The third kappa shape index (κ3) is 6.14. The number of carbonyl (C=O) groups excluding carboxylic acids is 3. The SMILES string of the molecule is NCC(=O)N(c1cccc(NC(N)=O)c1)C1C(=O)N2CC(CSc3nnnn3CCS(N)(=O)=O)(C(=O)O)CS[C@H]12. The molecule has 40 heavy (non-hydrogen) atoms. The summed E-state index contributed by atoms with van der Waals surface area (Å²) in [7, 11) is -3.77. The van der Waals surface area contributed by atoms with Crippen LogP contribution in [-0.4, -0.2) is 104 Å². The molecule has 20 heteroatoms. The Hall–Kier alpha value is -3.46. The summed E-state index contributed by atoms with van der Waals surface area (Å²) < 4.78 is 23.8. The predicted octanol–water partition coefficient (Wildman–Crippen LogP) is -2.11. The van der Waals surface area contributed by atoms with Gasteiger partial charge in [0.05, 0.1) is 18.8 Å². The number of nitrogens with one attached hydrogen (secondary N) is 1. The molecule has 0 bridgehead atoms. The molecule has 17 nitrogen and oxygen atoms in total. The number of sulfonamides is 1. The van der Waals surface area contributed by atoms with Crippen molar-refractivity contribution in [1.29, 1.82) is 0 Å². The Morgan fingerprint density at radius 1 is 1.32 bits per heavy atom. The third-order valence-corrected chi connectivity index (χ3v) is 9.82. The Morgan fingerprint density at radius 3 is 2.73 bits per heavy atom.